The smallest absolute Gasteiger partial charge is 0.255 e. The molecule has 1 aromatic heterocycles. The van der Waals surface area contributed by atoms with E-state index in [1.807, 2.05) is 13.0 Å². The van der Waals surface area contributed by atoms with Crippen LogP contribution < -0.4 is 4.74 Å². The number of hydrogen-bond acceptors (Lipinski definition) is 7. The summed E-state index contributed by atoms with van der Waals surface area (Å²) in [6.07, 6.45) is 2.54. The normalized spacial score (nSPS) is 19.7. The van der Waals surface area contributed by atoms with E-state index >= 15 is 0 Å². The molecule has 0 saturated carbocycles. The van der Waals surface area contributed by atoms with Crippen molar-refractivity contribution in [3.05, 3.63) is 78.1 Å². The molecule has 10 heteroatoms. The molecule has 0 unspecified atom stereocenters. The molecule has 1 amide bonds. The number of ether oxygens (including phenoxy) is 1. The van der Waals surface area contributed by atoms with Gasteiger partial charge in [0, 0.05) is 37.9 Å². The first kappa shape index (κ1) is 27.3. The molecule has 9 nitrogen and oxygen atoms in total. The van der Waals surface area contributed by atoms with Crippen LogP contribution in [0.15, 0.2) is 71.9 Å². The Balaban J connectivity index is 1.76. The van der Waals surface area contributed by atoms with Gasteiger partial charge in [-0.3, -0.25) is 9.78 Å². The van der Waals surface area contributed by atoms with Crippen LogP contribution in [0.1, 0.15) is 29.8 Å². The summed E-state index contributed by atoms with van der Waals surface area (Å²) in [6.45, 7) is 3.48. The zero-order valence-electron chi connectivity index (χ0n) is 21.5. The lowest BCUT2D eigenvalue weighted by Crippen LogP contribution is -2.50. The van der Waals surface area contributed by atoms with E-state index in [9.17, 15) is 23.6 Å². The van der Waals surface area contributed by atoms with Crippen molar-refractivity contribution in [2.75, 3.05) is 26.7 Å². The number of aliphatic hydroxyl groups excluding tert-OH is 1. The fraction of sp³-hybridized carbons (Fsp3) is 0.321. The van der Waals surface area contributed by atoms with Crippen molar-refractivity contribution in [3.63, 3.8) is 0 Å². The van der Waals surface area contributed by atoms with Gasteiger partial charge in [-0.25, -0.2) is 8.42 Å². The highest BCUT2D eigenvalue weighted by Crippen LogP contribution is 2.36. The number of amides is 1. The van der Waals surface area contributed by atoms with Crippen LogP contribution in [0.4, 0.5) is 0 Å². The number of carbonyl (C=O) groups is 1. The topological polar surface area (TPSA) is 124 Å². The van der Waals surface area contributed by atoms with Crippen LogP contribution in [-0.2, 0) is 10.0 Å². The van der Waals surface area contributed by atoms with E-state index < -0.39 is 22.2 Å². The van der Waals surface area contributed by atoms with Crippen LogP contribution in [-0.4, -0.2) is 72.5 Å². The molecule has 2 heterocycles. The Morgan fingerprint density at radius 3 is 2.68 bits per heavy atom. The van der Waals surface area contributed by atoms with Gasteiger partial charge in [-0.15, -0.1) is 0 Å². The first-order valence-electron chi connectivity index (χ1n) is 12.2. The molecule has 1 aliphatic rings. The second-order valence-corrected chi connectivity index (χ2v) is 11.4. The van der Waals surface area contributed by atoms with Crippen molar-refractivity contribution >= 4 is 15.9 Å². The predicted molar refractivity (Wildman–Crippen MR) is 142 cm³/mol. The van der Waals surface area contributed by atoms with Gasteiger partial charge < -0.3 is 14.7 Å². The molecule has 198 valence electrons. The number of nitriles is 1. The van der Waals surface area contributed by atoms with E-state index in [4.69, 9.17) is 4.74 Å². The predicted octanol–water partition coefficient (Wildman–Crippen LogP) is 3.16. The Bertz CT molecular complexity index is 1460. The molecular formula is C28H30N4O5S. The van der Waals surface area contributed by atoms with Crippen molar-refractivity contribution < 1.29 is 23.1 Å². The molecule has 2 aromatic carbocycles. The van der Waals surface area contributed by atoms with Crippen LogP contribution in [0.3, 0.4) is 0 Å². The van der Waals surface area contributed by atoms with Gasteiger partial charge in [0.1, 0.15) is 16.7 Å². The fourth-order valence-electron chi connectivity index (χ4n) is 4.45. The lowest BCUT2D eigenvalue weighted by atomic mass is 10.0. The van der Waals surface area contributed by atoms with E-state index in [1.54, 1.807) is 62.6 Å². The number of hydrogen-bond donors (Lipinski definition) is 1. The zero-order valence-corrected chi connectivity index (χ0v) is 22.3. The highest BCUT2D eigenvalue weighted by Gasteiger charge is 2.38. The Kier molecular flexibility index (Phi) is 8.11. The lowest BCUT2D eigenvalue weighted by molar-refractivity contribution is 0.0563. The fourth-order valence-corrected chi connectivity index (χ4v) is 6.28. The number of carbonyl (C=O) groups excluding carboxylic acids is 1. The molecule has 0 spiro atoms. The van der Waals surface area contributed by atoms with Crippen molar-refractivity contribution in [2.24, 2.45) is 5.92 Å². The number of aliphatic hydroxyl groups is 1. The maximum atomic E-state index is 13.7. The van der Waals surface area contributed by atoms with Crippen LogP contribution in [0, 0.1) is 17.2 Å². The van der Waals surface area contributed by atoms with Crippen molar-refractivity contribution in [3.8, 4) is 22.9 Å². The van der Waals surface area contributed by atoms with Gasteiger partial charge in [0.05, 0.1) is 30.3 Å². The van der Waals surface area contributed by atoms with Gasteiger partial charge in [0.15, 0.2) is 0 Å². The van der Waals surface area contributed by atoms with Crippen molar-refractivity contribution in [1.82, 2.24) is 14.2 Å². The summed E-state index contributed by atoms with van der Waals surface area (Å²) in [5, 5.41) is 19.1. The van der Waals surface area contributed by atoms with Gasteiger partial charge in [-0.1, -0.05) is 25.1 Å². The minimum Gasteiger partial charge on any atom is -0.487 e. The summed E-state index contributed by atoms with van der Waals surface area (Å²) in [5.74, 6) is -0.396. The molecule has 3 atom stereocenters. The third-order valence-corrected chi connectivity index (χ3v) is 8.72. The highest BCUT2D eigenvalue weighted by atomic mass is 32.2. The summed E-state index contributed by atoms with van der Waals surface area (Å²) in [5.41, 5.74) is 2.34. The molecule has 4 rings (SSSR count). The summed E-state index contributed by atoms with van der Waals surface area (Å²) in [7, 11) is -2.34. The van der Waals surface area contributed by atoms with Crippen molar-refractivity contribution in [2.45, 2.75) is 30.9 Å². The first-order valence-corrected chi connectivity index (χ1v) is 13.7. The molecule has 0 radical (unpaired) electrons. The lowest BCUT2D eigenvalue weighted by Gasteiger charge is -2.37. The minimum atomic E-state index is -4.00. The van der Waals surface area contributed by atoms with Gasteiger partial charge in [0.25, 0.3) is 5.91 Å². The summed E-state index contributed by atoms with van der Waals surface area (Å²) in [6, 6.07) is 16.7. The van der Waals surface area contributed by atoms with Gasteiger partial charge >= 0.3 is 0 Å². The number of benzene rings is 2. The minimum absolute atomic E-state index is 0.0175. The van der Waals surface area contributed by atoms with Crippen LogP contribution in [0.25, 0.3) is 11.1 Å². The number of rotatable bonds is 6. The third kappa shape index (κ3) is 5.55. The number of likely N-dealkylation sites (N-methyl/N-ethyl adjacent to an activating group) is 1. The second kappa shape index (κ2) is 11.3. The Hall–Kier alpha value is -3.78. The van der Waals surface area contributed by atoms with Gasteiger partial charge in [0.2, 0.25) is 10.0 Å². The largest absolute Gasteiger partial charge is 0.487 e. The van der Waals surface area contributed by atoms with E-state index in [0.717, 1.165) is 5.56 Å². The molecule has 0 fully saturated rings. The molecule has 1 N–H and O–H groups in total. The number of fused-ring (bicyclic) bond motifs is 1. The number of pyridine rings is 1. The molecule has 0 aliphatic carbocycles. The number of nitrogens with zero attached hydrogens (tertiary/aromatic N) is 4. The average Bonchev–Trinajstić information content (AvgIpc) is 2.94. The van der Waals surface area contributed by atoms with E-state index in [1.165, 1.54) is 21.5 Å². The van der Waals surface area contributed by atoms with Gasteiger partial charge in [-0.2, -0.15) is 9.57 Å². The standard InChI is InChI=1S/C28H30N4O5S/c1-19-16-32(20(2)18-33)38(35,36)27-10-9-23(22-7-4-6-21(12-22)14-29)13-25(27)37-26(19)17-31(3)28(34)24-8-5-11-30-15-24/h4-13,15,19-20,26,33H,16-18H2,1-3H3/t19-,20-,26+/m0/s1. The highest BCUT2D eigenvalue weighted by molar-refractivity contribution is 7.89. The molecule has 1 aliphatic heterocycles. The first-order chi connectivity index (χ1) is 18.1. The quantitative estimate of drug-likeness (QED) is 0.515. The average molecular weight is 535 g/mol. The third-order valence-electron chi connectivity index (χ3n) is 6.70. The Labute approximate surface area is 223 Å². The molecular weight excluding hydrogens is 504 g/mol. The van der Waals surface area contributed by atoms with Crippen molar-refractivity contribution in [1.29, 1.82) is 5.26 Å². The summed E-state index contributed by atoms with van der Waals surface area (Å²) < 4.78 is 35.1. The van der Waals surface area contributed by atoms with E-state index in [-0.39, 0.29) is 42.2 Å². The van der Waals surface area contributed by atoms with Crippen LogP contribution in [0.2, 0.25) is 0 Å². The molecule has 3 aromatic rings. The molecule has 0 bridgehead atoms. The Morgan fingerprint density at radius 1 is 1.24 bits per heavy atom. The zero-order chi connectivity index (χ0) is 27.4. The molecule has 0 saturated heterocycles. The monoisotopic (exact) mass is 534 g/mol. The maximum Gasteiger partial charge on any atom is 0.255 e. The number of aromatic nitrogens is 1. The van der Waals surface area contributed by atoms with E-state index in [0.29, 0.717) is 16.7 Å². The maximum absolute atomic E-state index is 13.7. The SMILES string of the molecule is C[C@H]1CN([C@@H](C)CO)S(=O)(=O)c2ccc(-c3cccc(C#N)c3)cc2O[C@@H]1CN(C)C(=O)c1cccnc1. The summed E-state index contributed by atoms with van der Waals surface area (Å²) >= 11 is 0. The molecule has 38 heavy (non-hydrogen) atoms. The second-order valence-electron chi connectivity index (χ2n) is 9.52. The van der Waals surface area contributed by atoms with Crippen LogP contribution >= 0.6 is 0 Å². The van der Waals surface area contributed by atoms with Crippen LogP contribution in [0.5, 0.6) is 5.75 Å². The van der Waals surface area contributed by atoms with Gasteiger partial charge in [-0.05, 0) is 54.4 Å². The number of sulfonamides is 1. The summed E-state index contributed by atoms with van der Waals surface area (Å²) in [4.78, 5) is 18.5. The Morgan fingerprint density at radius 2 is 2.00 bits per heavy atom. The van der Waals surface area contributed by atoms with E-state index in [2.05, 4.69) is 11.1 Å².